The van der Waals surface area contributed by atoms with E-state index in [1.165, 1.54) is 0 Å². The molecule has 0 fully saturated rings. The van der Waals surface area contributed by atoms with E-state index < -0.39 is 0 Å². The molecule has 1 aliphatic rings. The number of aliphatic hydroxyl groups is 1. The maximum Gasteiger partial charge on any atom is 0.147 e. The molecule has 0 bridgehead atoms. The summed E-state index contributed by atoms with van der Waals surface area (Å²) in [4.78, 5) is 0. The van der Waals surface area contributed by atoms with Crippen LogP contribution in [-0.2, 0) is 12.8 Å². The van der Waals surface area contributed by atoms with Crippen LogP contribution in [0, 0.1) is 5.92 Å². The molecule has 0 aromatic carbocycles. The predicted octanol–water partition coefficient (Wildman–Crippen LogP) is 2.62. The zero-order valence-corrected chi connectivity index (χ0v) is 10.2. The van der Waals surface area contributed by atoms with E-state index in [1.54, 1.807) is 6.08 Å². The standard InChI is InChI=1S/C13H19FN2O/c1-2-4-9(8-17)7-12-10-5-3-6-11(14)13(10)16-15-12/h6,9,17H,2-5,7-8H2,1H3,(H,15,16). The molecule has 0 saturated carbocycles. The molecule has 94 valence electrons. The lowest BCUT2D eigenvalue weighted by Gasteiger charge is -2.14. The monoisotopic (exact) mass is 238 g/mol. The van der Waals surface area contributed by atoms with E-state index in [2.05, 4.69) is 17.1 Å². The second-order valence-electron chi connectivity index (χ2n) is 4.66. The fraction of sp³-hybridized carbons (Fsp3) is 0.615. The number of halogens is 1. The summed E-state index contributed by atoms with van der Waals surface area (Å²) in [6, 6.07) is 0. The van der Waals surface area contributed by atoms with Gasteiger partial charge in [0.25, 0.3) is 0 Å². The van der Waals surface area contributed by atoms with Crippen molar-refractivity contribution in [3.05, 3.63) is 23.0 Å². The van der Waals surface area contributed by atoms with Crippen LogP contribution in [0.1, 0.15) is 43.1 Å². The van der Waals surface area contributed by atoms with Gasteiger partial charge in [-0.15, -0.1) is 0 Å². The van der Waals surface area contributed by atoms with Gasteiger partial charge in [0.15, 0.2) is 0 Å². The van der Waals surface area contributed by atoms with Crippen molar-refractivity contribution in [2.75, 3.05) is 6.61 Å². The highest BCUT2D eigenvalue weighted by molar-refractivity contribution is 5.61. The van der Waals surface area contributed by atoms with Gasteiger partial charge in [-0.05, 0) is 37.7 Å². The summed E-state index contributed by atoms with van der Waals surface area (Å²) >= 11 is 0. The van der Waals surface area contributed by atoms with Crippen LogP contribution in [0.3, 0.4) is 0 Å². The Kier molecular flexibility index (Phi) is 3.94. The lowest BCUT2D eigenvalue weighted by molar-refractivity contribution is 0.216. The quantitative estimate of drug-likeness (QED) is 0.828. The number of nitrogens with zero attached hydrogens (tertiary/aromatic N) is 1. The molecule has 1 unspecified atom stereocenters. The van der Waals surface area contributed by atoms with E-state index in [4.69, 9.17) is 0 Å². The zero-order chi connectivity index (χ0) is 12.3. The molecule has 3 nitrogen and oxygen atoms in total. The van der Waals surface area contributed by atoms with Gasteiger partial charge in [-0.2, -0.15) is 5.10 Å². The van der Waals surface area contributed by atoms with Gasteiger partial charge >= 0.3 is 0 Å². The first-order chi connectivity index (χ1) is 8.26. The van der Waals surface area contributed by atoms with Crippen molar-refractivity contribution in [1.82, 2.24) is 10.2 Å². The van der Waals surface area contributed by atoms with Gasteiger partial charge < -0.3 is 5.11 Å². The average Bonchev–Trinajstić information content (AvgIpc) is 2.73. The Bertz CT molecular complexity index is 412. The normalized spacial score (nSPS) is 16.5. The molecule has 2 rings (SSSR count). The second kappa shape index (κ2) is 5.45. The van der Waals surface area contributed by atoms with Gasteiger partial charge in [0.1, 0.15) is 11.5 Å². The Balaban J connectivity index is 2.15. The van der Waals surface area contributed by atoms with Gasteiger partial charge in [-0.3, -0.25) is 5.10 Å². The highest BCUT2D eigenvalue weighted by Gasteiger charge is 2.21. The molecule has 17 heavy (non-hydrogen) atoms. The molecular weight excluding hydrogens is 219 g/mol. The Morgan fingerprint density at radius 2 is 2.41 bits per heavy atom. The van der Waals surface area contributed by atoms with E-state index >= 15 is 0 Å². The molecule has 0 saturated heterocycles. The van der Waals surface area contributed by atoms with E-state index in [1.807, 2.05) is 0 Å². The summed E-state index contributed by atoms with van der Waals surface area (Å²) in [5.41, 5.74) is 2.47. The number of allylic oxidation sites excluding steroid dienone is 1. The third-order valence-corrected chi connectivity index (χ3v) is 3.34. The summed E-state index contributed by atoms with van der Waals surface area (Å²) in [5, 5.41) is 16.3. The Morgan fingerprint density at radius 3 is 3.12 bits per heavy atom. The maximum atomic E-state index is 13.5. The molecule has 1 atom stereocenters. The second-order valence-corrected chi connectivity index (χ2v) is 4.66. The van der Waals surface area contributed by atoms with E-state index in [-0.39, 0.29) is 18.4 Å². The van der Waals surface area contributed by atoms with Crippen LogP contribution in [0.4, 0.5) is 4.39 Å². The first-order valence-electron chi connectivity index (χ1n) is 6.29. The van der Waals surface area contributed by atoms with E-state index in [0.717, 1.165) is 43.4 Å². The van der Waals surface area contributed by atoms with Gasteiger partial charge in [0, 0.05) is 17.9 Å². The maximum absolute atomic E-state index is 13.5. The number of hydrogen-bond acceptors (Lipinski definition) is 2. The Labute approximate surface area is 101 Å². The summed E-state index contributed by atoms with van der Waals surface area (Å²) in [6.07, 6.45) is 5.97. The van der Waals surface area contributed by atoms with Gasteiger partial charge in [0.2, 0.25) is 0 Å². The highest BCUT2D eigenvalue weighted by Crippen LogP contribution is 2.29. The van der Waals surface area contributed by atoms with Crippen molar-refractivity contribution in [3.8, 4) is 0 Å². The van der Waals surface area contributed by atoms with Crippen molar-refractivity contribution >= 4 is 5.83 Å². The van der Waals surface area contributed by atoms with Crippen LogP contribution in [0.25, 0.3) is 5.83 Å². The molecular formula is C13H19FN2O. The smallest absolute Gasteiger partial charge is 0.147 e. The topological polar surface area (TPSA) is 48.9 Å². The number of fused-ring (bicyclic) bond motifs is 1. The van der Waals surface area contributed by atoms with Crippen molar-refractivity contribution in [2.24, 2.45) is 5.92 Å². The first-order valence-corrected chi connectivity index (χ1v) is 6.29. The third kappa shape index (κ3) is 2.57. The number of aromatic amines is 1. The van der Waals surface area contributed by atoms with Crippen LogP contribution in [-0.4, -0.2) is 21.9 Å². The summed E-state index contributed by atoms with van der Waals surface area (Å²) < 4.78 is 13.5. The Morgan fingerprint density at radius 1 is 1.59 bits per heavy atom. The van der Waals surface area contributed by atoms with E-state index in [0.29, 0.717) is 5.69 Å². The molecule has 1 aromatic rings. The van der Waals surface area contributed by atoms with Crippen LogP contribution in [0.5, 0.6) is 0 Å². The largest absolute Gasteiger partial charge is 0.396 e. The van der Waals surface area contributed by atoms with Gasteiger partial charge in [-0.25, -0.2) is 4.39 Å². The van der Waals surface area contributed by atoms with Crippen LogP contribution in [0.2, 0.25) is 0 Å². The number of aromatic nitrogens is 2. The van der Waals surface area contributed by atoms with Gasteiger partial charge in [0.05, 0.1) is 0 Å². The lowest BCUT2D eigenvalue weighted by atomic mass is 9.93. The van der Waals surface area contributed by atoms with Crippen molar-refractivity contribution in [3.63, 3.8) is 0 Å². The molecule has 1 aromatic heterocycles. The number of H-pyrrole nitrogens is 1. The number of rotatable bonds is 5. The lowest BCUT2D eigenvalue weighted by Crippen LogP contribution is -2.11. The predicted molar refractivity (Wildman–Crippen MR) is 65.2 cm³/mol. The van der Waals surface area contributed by atoms with Crippen LogP contribution < -0.4 is 0 Å². The van der Waals surface area contributed by atoms with Crippen molar-refractivity contribution < 1.29 is 9.50 Å². The fourth-order valence-electron chi connectivity index (χ4n) is 2.43. The molecule has 2 N–H and O–H groups in total. The number of hydrogen-bond donors (Lipinski definition) is 2. The molecule has 0 amide bonds. The first kappa shape index (κ1) is 12.3. The molecule has 0 spiro atoms. The minimum atomic E-state index is -0.218. The Hall–Kier alpha value is -1.16. The van der Waals surface area contributed by atoms with Crippen LogP contribution >= 0.6 is 0 Å². The van der Waals surface area contributed by atoms with E-state index in [9.17, 15) is 9.50 Å². The number of aliphatic hydroxyl groups excluding tert-OH is 1. The molecule has 1 aliphatic carbocycles. The SMILES string of the molecule is CCCC(CO)Cc1[nH]nc2c1CCC=C2F. The minimum absolute atomic E-state index is 0.181. The molecule has 0 aliphatic heterocycles. The summed E-state index contributed by atoms with van der Waals surface area (Å²) in [7, 11) is 0. The summed E-state index contributed by atoms with van der Waals surface area (Å²) in [6.45, 7) is 2.29. The summed E-state index contributed by atoms with van der Waals surface area (Å²) in [5.74, 6) is 0.0308. The third-order valence-electron chi connectivity index (χ3n) is 3.34. The van der Waals surface area contributed by atoms with Crippen LogP contribution in [0.15, 0.2) is 6.08 Å². The van der Waals surface area contributed by atoms with Gasteiger partial charge in [-0.1, -0.05) is 13.3 Å². The molecule has 1 heterocycles. The average molecular weight is 238 g/mol. The number of nitrogens with one attached hydrogen (secondary N) is 1. The minimum Gasteiger partial charge on any atom is -0.396 e. The van der Waals surface area contributed by atoms with Crippen molar-refractivity contribution in [2.45, 2.75) is 39.0 Å². The molecule has 4 heteroatoms. The van der Waals surface area contributed by atoms with Crippen molar-refractivity contribution in [1.29, 1.82) is 0 Å². The zero-order valence-electron chi connectivity index (χ0n) is 10.2. The fourth-order valence-corrected chi connectivity index (χ4v) is 2.43. The highest BCUT2D eigenvalue weighted by atomic mass is 19.1. The molecule has 0 radical (unpaired) electrons.